The summed E-state index contributed by atoms with van der Waals surface area (Å²) in [5.74, 6) is -0.867. The first-order valence-corrected chi connectivity index (χ1v) is 8.44. The monoisotopic (exact) mass is 351 g/mol. The Morgan fingerprint density at radius 2 is 1.85 bits per heavy atom. The molecule has 0 spiro atoms. The lowest BCUT2D eigenvalue weighted by atomic mass is 9.89. The molecule has 1 unspecified atom stereocenters. The lowest BCUT2D eigenvalue weighted by molar-refractivity contribution is -0.134. The second-order valence-electron chi connectivity index (χ2n) is 6.36. The molecule has 0 radical (unpaired) electrons. The Bertz CT molecular complexity index is 846. The average molecular weight is 351 g/mol. The number of fused-ring (bicyclic) bond motifs is 1. The normalized spacial score (nSPS) is 15.6. The van der Waals surface area contributed by atoms with Crippen LogP contribution in [-0.4, -0.2) is 36.7 Å². The number of carbonyl (C=O) groups excluding carboxylic acids is 3. The molecule has 1 heterocycles. The van der Waals surface area contributed by atoms with Crippen molar-refractivity contribution < 1.29 is 14.4 Å². The predicted molar refractivity (Wildman–Crippen MR) is 98.7 cm³/mol. The van der Waals surface area contributed by atoms with Crippen LogP contribution in [0.3, 0.4) is 0 Å². The summed E-state index contributed by atoms with van der Waals surface area (Å²) in [6.07, 6.45) is 0.149. The van der Waals surface area contributed by atoms with Crippen molar-refractivity contribution in [1.29, 1.82) is 0 Å². The Labute approximate surface area is 152 Å². The Morgan fingerprint density at radius 1 is 1.15 bits per heavy atom. The van der Waals surface area contributed by atoms with Crippen LogP contribution in [0.2, 0.25) is 0 Å². The van der Waals surface area contributed by atoms with Gasteiger partial charge in [-0.15, -0.1) is 0 Å². The Kier molecular flexibility index (Phi) is 5.02. The van der Waals surface area contributed by atoms with Gasteiger partial charge in [-0.2, -0.15) is 0 Å². The number of nitrogens with zero attached hydrogens (tertiary/aromatic N) is 1. The highest BCUT2D eigenvalue weighted by molar-refractivity contribution is 6.01. The molecule has 6 nitrogen and oxygen atoms in total. The molecule has 3 amide bonds. The lowest BCUT2D eigenvalue weighted by Crippen LogP contribution is -2.36. The van der Waals surface area contributed by atoms with E-state index in [4.69, 9.17) is 0 Å². The number of para-hydroxylation sites is 1. The van der Waals surface area contributed by atoms with Crippen molar-refractivity contribution in [3.63, 3.8) is 0 Å². The first-order chi connectivity index (χ1) is 12.5. The van der Waals surface area contributed by atoms with Gasteiger partial charge in [0.1, 0.15) is 0 Å². The summed E-state index contributed by atoms with van der Waals surface area (Å²) in [5.41, 5.74) is 3.04. The highest BCUT2D eigenvalue weighted by atomic mass is 16.2. The van der Waals surface area contributed by atoms with E-state index in [0.29, 0.717) is 17.8 Å². The summed E-state index contributed by atoms with van der Waals surface area (Å²) in [4.78, 5) is 38.1. The van der Waals surface area contributed by atoms with Crippen molar-refractivity contribution in [2.45, 2.75) is 18.9 Å². The largest absolute Gasteiger partial charge is 0.355 e. The summed E-state index contributed by atoms with van der Waals surface area (Å²) in [6, 6.07) is 14.5. The molecule has 26 heavy (non-hydrogen) atoms. The topological polar surface area (TPSA) is 78.5 Å². The van der Waals surface area contributed by atoms with Crippen LogP contribution in [0.4, 0.5) is 5.69 Å². The summed E-state index contributed by atoms with van der Waals surface area (Å²) < 4.78 is 0. The third-order valence-electron chi connectivity index (χ3n) is 4.54. The SMILES string of the molecule is CNC(=O)c1ccc(CN(C)C(=O)C2CC(=O)Nc3ccccc32)cc1. The van der Waals surface area contributed by atoms with E-state index in [1.807, 2.05) is 36.4 Å². The van der Waals surface area contributed by atoms with Gasteiger partial charge >= 0.3 is 0 Å². The zero-order valence-corrected chi connectivity index (χ0v) is 14.8. The van der Waals surface area contributed by atoms with Crippen molar-refractivity contribution in [2.24, 2.45) is 0 Å². The summed E-state index contributed by atoms with van der Waals surface area (Å²) in [7, 11) is 3.31. The number of rotatable bonds is 4. The van der Waals surface area contributed by atoms with Gasteiger partial charge in [0.05, 0.1) is 5.92 Å². The van der Waals surface area contributed by atoms with Crippen LogP contribution >= 0.6 is 0 Å². The van der Waals surface area contributed by atoms with Gasteiger partial charge in [0.25, 0.3) is 5.91 Å². The molecular weight excluding hydrogens is 330 g/mol. The van der Waals surface area contributed by atoms with E-state index in [-0.39, 0.29) is 24.1 Å². The van der Waals surface area contributed by atoms with Crippen molar-refractivity contribution in [3.8, 4) is 0 Å². The molecule has 0 aliphatic carbocycles. The minimum atomic E-state index is -0.477. The van der Waals surface area contributed by atoms with E-state index >= 15 is 0 Å². The standard InChI is InChI=1S/C20H21N3O3/c1-21-19(25)14-9-7-13(8-10-14)12-23(2)20(26)16-11-18(24)22-17-6-4-3-5-15(16)17/h3-10,16H,11-12H2,1-2H3,(H,21,25)(H,22,24). The minimum absolute atomic E-state index is 0.0947. The third-order valence-corrected chi connectivity index (χ3v) is 4.54. The fourth-order valence-corrected chi connectivity index (χ4v) is 3.16. The molecule has 134 valence electrons. The van der Waals surface area contributed by atoms with Crippen LogP contribution in [-0.2, 0) is 16.1 Å². The number of amides is 3. The van der Waals surface area contributed by atoms with E-state index in [9.17, 15) is 14.4 Å². The maximum atomic E-state index is 12.9. The number of hydrogen-bond acceptors (Lipinski definition) is 3. The van der Waals surface area contributed by atoms with Gasteiger partial charge in [0, 0.05) is 38.3 Å². The number of carbonyl (C=O) groups is 3. The summed E-state index contributed by atoms with van der Waals surface area (Å²) in [6.45, 7) is 0.410. The van der Waals surface area contributed by atoms with E-state index in [2.05, 4.69) is 10.6 Å². The molecule has 0 saturated carbocycles. The lowest BCUT2D eigenvalue weighted by Gasteiger charge is -2.28. The van der Waals surface area contributed by atoms with Crippen LogP contribution in [0.1, 0.15) is 33.8 Å². The first kappa shape index (κ1) is 17.7. The molecule has 2 aromatic rings. The van der Waals surface area contributed by atoms with Gasteiger partial charge in [-0.1, -0.05) is 30.3 Å². The fourth-order valence-electron chi connectivity index (χ4n) is 3.16. The third kappa shape index (κ3) is 3.59. The Hall–Kier alpha value is -3.15. The summed E-state index contributed by atoms with van der Waals surface area (Å²) >= 11 is 0. The number of hydrogen-bond donors (Lipinski definition) is 2. The summed E-state index contributed by atoms with van der Waals surface area (Å²) in [5, 5.41) is 5.38. The fraction of sp³-hybridized carbons (Fsp3) is 0.250. The zero-order valence-electron chi connectivity index (χ0n) is 14.8. The van der Waals surface area contributed by atoms with E-state index in [0.717, 1.165) is 11.1 Å². The predicted octanol–water partition coefficient (Wildman–Crippen LogP) is 2.13. The smallest absolute Gasteiger partial charge is 0.251 e. The van der Waals surface area contributed by atoms with Gasteiger partial charge in [0.15, 0.2) is 0 Å². The average Bonchev–Trinajstić information content (AvgIpc) is 2.66. The van der Waals surface area contributed by atoms with Crippen LogP contribution in [0.15, 0.2) is 48.5 Å². The molecule has 2 N–H and O–H groups in total. The molecule has 3 rings (SSSR count). The van der Waals surface area contributed by atoms with Crippen molar-refractivity contribution in [3.05, 3.63) is 65.2 Å². The highest BCUT2D eigenvalue weighted by Gasteiger charge is 2.32. The van der Waals surface area contributed by atoms with Crippen LogP contribution < -0.4 is 10.6 Å². The number of likely N-dealkylation sites (N-methyl/N-ethyl adjacent to an activating group) is 1. The van der Waals surface area contributed by atoms with E-state index < -0.39 is 5.92 Å². The quantitative estimate of drug-likeness (QED) is 0.886. The first-order valence-electron chi connectivity index (χ1n) is 8.44. The van der Waals surface area contributed by atoms with Gasteiger partial charge in [-0.3, -0.25) is 14.4 Å². The number of benzene rings is 2. The minimum Gasteiger partial charge on any atom is -0.355 e. The maximum absolute atomic E-state index is 12.9. The molecule has 1 aliphatic rings. The number of anilines is 1. The van der Waals surface area contributed by atoms with Gasteiger partial charge in [-0.05, 0) is 29.3 Å². The van der Waals surface area contributed by atoms with Crippen LogP contribution in [0, 0.1) is 0 Å². The van der Waals surface area contributed by atoms with Gasteiger partial charge in [0.2, 0.25) is 11.8 Å². The molecule has 1 aliphatic heterocycles. The Balaban J connectivity index is 1.74. The molecule has 0 bridgehead atoms. The molecule has 0 aromatic heterocycles. The van der Waals surface area contributed by atoms with E-state index in [1.165, 1.54) is 0 Å². The molecular formula is C20H21N3O3. The maximum Gasteiger partial charge on any atom is 0.251 e. The molecule has 2 aromatic carbocycles. The van der Waals surface area contributed by atoms with Gasteiger partial charge in [-0.25, -0.2) is 0 Å². The second-order valence-corrected chi connectivity index (χ2v) is 6.36. The molecule has 0 fully saturated rings. The number of nitrogens with one attached hydrogen (secondary N) is 2. The molecule has 1 atom stereocenters. The molecule has 6 heteroatoms. The Morgan fingerprint density at radius 3 is 2.54 bits per heavy atom. The van der Waals surface area contributed by atoms with Crippen LogP contribution in [0.25, 0.3) is 0 Å². The van der Waals surface area contributed by atoms with E-state index in [1.54, 1.807) is 31.1 Å². The molecule has 0 saturated heterocycles. The van der Waals surface area contributed by atoms with Crippen molar-refractivity contribution in [1.82, 2.24) is 10.2 Å². The van der Waals surface area contributed by atoms with Crippen molar-refractivity contribution in [2.75, 3.05) is 19.4 Å². The second kappa shape index (κ2) is 7.39. The van der Waals surface area contributed by atoms with Gasteiger partial charge < -0.3 is 15.5 Å². The van der Waals surface area contributed by atoms with Crippen molar-refractivity contribution >= 4 is 23.4 Å². The highest BCUT2D eigenvalue weighted by Crippen LogP contribution is 2.33. The zero-order chi connectivity index (χ0) is 18.7. The van der Waals surface area contributed by atoms with Crippen LogP contribution in [0.5, 0.6) is 0 Å².